The molecular weight excluding hydrogens is 925 g/mol. The Morgan fingerprint density at radius 1 is 0.671 bits per heavy atom. The SMILES string of the molecule is COc1ccc(CNc2cc(-c3cccnc3Nc3cc(N(C(=O)c4cccc(C(F)(F)F)c4)N(Cc4ccc(OC)cc4OC)c4cc(-c5cccnc5Cl)ncn4)ccc3C)ncn2)c(OC)c1. The van der Waals surface area contributed by atoms with Crippen molar-refractivity contribution in [2.75, 3.05) is 49.1 Å². The lowest BCUT2D eigenvalue weighted by atomic mass is 10.1. The van der Waals surface area contributed by atoms with Gasteiger partial charge in [0.05, 0.1) is 57.6 Å². The van der Waals surface area contributed by atoms with E-state index in [1.807, 2.05) is 25.1 Å². The van der Waals surface area contributed by atoms with E-state index < -0.39 is 17.6 Å². The van der Waals surface area contributed by atoms with Gasteiger partial charge in [-0.05, 0) is 91.3 Å². The fraction of sp³-hybridized carbons (Fsp3) is 0.157. The minimum Gasteiger partial charge on any atom is -0.497 e. The van der Waals surface area contributed by atoms with E-state index in [9.17, 15) is 13.2 Å². The van der Waals surface area contributed by atoms with Gasteiger partial charge in [-0.3, -0.25) is 9.80 Å². The van der Waals surface area contributed by atoms with Gasteiger partial charge in [0.15, 0.2) is 5.82 Å². The number of nitrogens with one attached hydrogen (secondary N) is 2. The minimum atomic E-state index is -4.74. The van der Waals surface area contributed by atoms with Crippen molar-refractivity contribution in [2.24, 2.45) is 0 Å². The summed E-state index contributed by atoms with van der Waals surface area (Å²) >= 11 is 6.54. The number of benzene rings is 4. The number of hydrazine groups is 1. The molecule has 0 aliphatic rings. The molecule has 0 fully saturated rings. The Bertz CT molecular complexity index is 3160. The van der Waals surface area contributed by atoms with Crippen molar-refractivity contribution in [3.8, 4) is 45.5 Å². The van der Waals surface area contributed by atoms with Crippen molar-refractivity contribution in [3.05, 3.63) is 173 Å². The maximum atomic E-state index is 15.3. The van der Waals surface area contributed by atoms with E-state index >= 15 is 4.79 Å². The number of amides is 1. The first kappa shape index (κ1) is 48.0. The summed E-state index contributed by atoms with van der Waals surface area (Å²) in [6.45, 7) is 2.15. The molecule has 4 aromatic heterocycles. The third-order valence-corrected chi connectivity index (χ3v) is 11.4. The van der Waals surface area contributed by atoms with Gasteiger partial charge in [0.2, 0.25) is 0 Å². The molecule has 15 nitrogen and oxygen atoms in total. The molecule has 70 heavy (non-hydrogen) atoms. The number of hydrogen-bond donors (Lipinski definition) is 2. The van der Waals surface area contributed by atoms with Crippen molar-refractivity contribution >= 4 is 46.3 Å². The molecule has 0 unspecified atom stereocenters. The van der Waals surface area contributed by atoms with E-state index in [1.165, 1.54) is 55.2 Å². The number of methoxy groups -OCH3 is 4. The summed E-state index contributed by atoms with van der Waals surface area (Å²) < 4.78 is 65.0. The van der Waals surface area contributed by atoms with Gasteiger partial charge in [-0.15, -0.1) is 0 Å². The summed E-state index contributed by atoms with van der Waals surface area (Å²) in [6, 6.07) is 30.5. The molecule has 0 saturated carbocycles. The minimum absolute atomic E-state index is 0.106. The second kappa shape index (κ2) is 21.2. The standard InChI is InChI=1S/C51H44ClF3N10O5/c1-31-13-16-36(22-41(31)63-49-40(12-8-20-57-49)42-25-46(61-29-59-42)58-27-33-14-17-37(67-2)23-44(33)69-4)65(50(66)32-9-6-10-35(21-32)51(53,54)55)64(28-34-15-18-38(68-3)24-45(34)70-5)47-26-43(60-30-62-47)39-11-7-19-56-48(39)52/h6-26,29-30H,27-28H2,1-5H3,(H,57,63)(H,58,59,61). The lowest BCUT2D eigenvalue weighted by Gasteiger charge is -2.36. The molecule has 0 bridgehead atoms. The number of carbonyl (C=O) groups excluding carboxylic acids is 1. The zero-order chi connectivity index (χ0) is 49.4. The van der Waals surface area contributed by atoms with Gasteiger partial charge in [0, 0.05) is 76.7 Å². The highest BCUT2D eigenvalue weighted by Gasteiger charge is 2.34. The second-order valence-corrected chi connectivity index (χ2v) is 15.7. The van der Waals surface area contributed by atoms with Crippen molar-refractivity contribution in [2.45, 2.75) is 26.2 Å². The van der Waals surface area contributed by atoms with Crippen LogP contribution in [-0.4, -0.2) is 64.3 Å². The average Bonchev–Trinajstić information content (AvgIpc) is 3.38. The highest BCUT2D eigenvalue weighted by Crippen LogP contribution is 2.37. The van der Waals surface area contributed by atoms with Crippen LogP contribution in [0.5, 0.6) is 23.0 Å². The van der Waals surface area contributed by atoms with Crippen LogP contribution >= 0.6 is 11.6 Å². The zero-order valence-corrected chi connectivity index (χ0v) is 39.1. The van der Waals surface area contributed by atoms with E-state index in [0.29, 0.717) is 74.9 Å². The lowest BCUT2D eigenvalue weighted by molar-refractivity contribution is -0.137. The van der Waals surface area contributed by atoms with Crippen molar-refractivity contribution < 1.29 is 36.9 Å². The smallest absolute Gasteiger partial charge is 0.416 e. The first-order valence-corrected chi connectivity index (χ1v) is 21.8. The van der Waals surface area contributed by atoms with Gasteiger partial charge in [-0.1, -0.05) is 23.7 Å². The molecule has 4 aromatic carbocycles. The largest absolute Gasteiger partial charge is 0.497 e. The maximum absolute atomic E-state index is 15.3. The lowest BCUT2D eigenvalue weighted by Crippen LogP contribution is -2.47. The summed E-state index contributed by atoms with van der Waals surface area (Å²) in [5, 5.41) is 9.73. The molecule has 0 spiro atoms. The number of alkyl halides is 3. The Hall–Kier alpha value is -8.51. The Kier molecular flexibility index (Phi) is 14.5. The topological polar surface area (TPSA) is 162 Å². The number of anilines is 5. The molecule has 0 aliphatic heterocycles. The summed E-state index contributed by atoms with van der Waals surface area (Å²) in [7, 11) is 6.18. The van der Waals surface area contributed by atoms with Crippen molar-refractivity contribution in [1.29, 1.82) is 0 Å². The van der Waals surface area contributed by atoms with Crippen LogP contribution in [0.15, 0.2) is 140 Å². The number of hydrogen-bond acceptors (Lipinski definition) is 14. The molecule has 2 N–H and O–H groups in total. The molecule has 19 heteroatoms. The number of ether oxygens (including phenoxy) is 4. The monoisotopic (exact) mass is 968 g/mol. The van der Waals surface area contributed by atoms with Gasteiger partial charge in [0.1, 0.15) is 52.4 Å². The molecule has 0 aliphatic carbocycles. The van der Waals surface area contributed by atoms with Crippen LogP contribution in [0, 0.1) is 6.92 Å². The molecule has 0 radical (unpaired) electrons. The third-order valence-electron chi connectivity index (χ3n) is 11.1. The summed E-state index contributed by atoms with van der Waals surface area (Å²) in [5.41, 5.74) is 3.66. The first-order valence-electron chi connectivity index (χ1n) is 21.4. The van der Waals surface area contributed by atoms with Gasteiger partial charge in [-0.25, -0.2) is 34.9 Å². The van der Waals surface area contributed by atoms with Crippen LogP contribution in [0.3, 0.4) is 0 Å². The normalized spacial score (nSPS) is 11.1. The highest BCUT2D eigenvalue weighted by atomic mass is 35.5. The Morgan fingerprint density at radius 3 is 2.04 bits per heavy atom. The highest BCUT2D eigenvalue weighted by molar-refractivity contribution is 6.32. The molecule has 356 valence electrons. The predicted octanol–water partition coefficient (Wildman–Crippen LogP) is 11.0. The number of aromatic nitrogens is 6. The number of pyridine rings is 2. The van der Waals surface area contributed by atoms with Crippen LogP contribution in [-0.2, 0) is 19.3 Å². The number of carbonyl (C=O) groups is 1. The van der Waals surface area contributed by atoms with E-state index in [1.54, 1.807) is 93.2 Å². The fourth-order valence-corrected chi connectivity index (χ4v) is 7.64. The van der Waals surface area contributed by atoms with Crippen LogP contribution in [0.4, 0.5) is 42.0 Å². The number of nitrogens with zero attached hydrogens (tertiary/aromatic N) is 8. The quantitative estimate of drug-likeness (QED) is 0.0655. The van der Waals surface area contributed by atoms with Gasteiger partial charge in [0.25, 0.3) is 5.91 Å². The van der Waals surface area contributed by atoms with Crippen LogP contribution in [0.25, 0.3) is 22.5 Å². The second-order valence-electron chi connectivity index (χ2n) is 15.4. The van der Waals surface area contributed by atoms with E-state index in [2.05, 4.69) is 40.5 Å². The molecule has 4 heterocycles. The van der Waals surface area contributed by atoms with Crippen molar-refractivity contribution in [1.82, 2.24) is 29.9 Å². The van der Waals surface area contributed by atoms with Gasteiger partial charge >= 0.3 is 6.18 Å². The average molecular weight is 969 g/mol. The summed E-state index contributed by atoms with van der Waals surface area (Å²) in [5.74, 6) is 2.51. The maximum Gasteiger partial charge on any atom is 0.416 e. The number of halogens is 4. The summed E-state index contributed by atoms with van der Waals surface area (Å²) in [4.78, 5) is 42.2. The Balaban J connectivity index is 1.23. The van der Waals surface area contributed by atoms with E-state index in [4.69, 9.17) is 30.5 Å². The number of rotatable bonds is 17. The predicted molar refractivity (Wildman–Crippen MR) is 261 cm³/mol. The zero-order valence-electron chi connectivity index (χ0n) is 38.3. The molecular formula is C51H44ClF3N10O5. The first-order chi connectivity index (χ1) is 33.9. The van der Waals surface area contributed by atoms with E-state index in [0.717, 1.165) is 23.3 Å². The summed E-state index contributed by atoms with van der Waals surface area (Å²) in [6.07, 6.45) is 1.15. The van der Waals surface area contributed by atoms with Crippen LogP contribution in [0.1, 0.15) is 32.6 Å². The number of aryl methyl sites for hydroxylation is 1. The Morgan fingerprint density at radius 2 is 1.34 bits per heavy atom. The fourth-order valence-electron chi connectivity index (χ4n) is 7.43. The van der Waals surface area contributed by atoms with Gasteiger partial charge < -0.3 is 29.6 Å². The van der Waals surface area contributed by atoms with Gasteiger partial charge in [-0.2, -0.15) is 13.2 Å². The van der Waals surface area contributed by atoms with E-state index in [-0.39, 0.29) is 28.8 Å². The molecule has 0 saturated heterocycles. The molecule has 1 amide bonds. The third kappa shape index (κ3) is 10.8. The Labute approximate surface area is 405 Å². The molecule has 8 rings (SSSR count). The van der Waals surface area contributed by atoms with Crippen molar-refractivity contribution in [3.63, 3.8) is 0 Å². The van der Waals surface area contributed by atoms with Crippen LogP contribution < -0.4 is 39.6 Å². The van der Waals surface area contributed by atoms with Crippen LogP contribution in [0.2, 0.25) is 5.15 Å². The molecule has 0 atom stereocenters. The molecule has 8 aromatic rings.